The standard InChI is InChI=1S/C59H93N13O20/c1-30(2)19-14-12-10-8-9-11-13-15-22-40(73)64-37(27-45(80)81)52(84)70-49-34(7)63-53(85)39-21-18-24-72(39)57(89)46(31(3)4)68-56(88)48(33(6)60)67-42(75)29-62-50(82)35(25-43(76)77)65-41(74)28-61-51(83)36(26-44(78)79)66-55(87)47(32(5)59(91)92)69-54(86)38-20-16-17-23-71(38)58(49)90/h13,15,30-39,46-49H,8-12,14,16-29,60H2,1-7H3,(H,61,83)(H,62,82)(H,63,85)(H,64,73)(H,65,74)(H,66,87)(H,67,75)(H,68,88)(H,69,86)(H,70,84)(H,76,77)(H,78,79)(H,80,81)(H,91,92)/b15-13+/t32-,33+,34-,35-,36-,37-,38+,39-,46-,47-,48+,49-/m0/s1. The first-order chi connectivity index (χ1) is 43.2. The molecule has 3 saturated heterocycles. The van der Waals surface area contributed by atoms with Crippen molar-refractivity contribution >= 4 is 94.8 Å². The Labute approximate surface area is 532 Å². The number of fused-ring (bicyclic) bond motifs is 2. The Morgan fingerprint density at radius 3 is 1.66 bits per heavy atom. The number of carbonyl (C=O) groups is 16. The number of rotatable bonds is 23. The molecule has 3 fully saturated rings. The molecule has 16 N–H and O–H groups in total. The van der Waals surface area contributed by atoms with Crippen LogP contribution in [0.3, 0.4) is 0 Å². The van der Waals surface area contributed by atoms with Gasteiger partial charge in [-0.3, -0.25) is 76.7 Å². The maximum absolute atomic E-state index is 15.2. The molecule has 0 bridgehead atoms. The van der Waals surface area contributed by atoms with E-state index < -0.39 is 205 Å². The predicted molar refractivity (Wildman–Crippen MR) is 324 cm³/mol. The van der Waals surface area contributed by atoms with Crippen molar-refractivity contribution in [3.05, 3.63) is 12.2 Å². The zero-order chi connectivity index (χ0) is 69.1. The van der Waals surface area contributed by atoms with Gasteiger partial charge in [0.1, 0.15) is 54.4 Å². The third kappa shape index (κ3) is 25.5. The van der Waals surface area contributed by atoms with Gasteiger partial charge in [0.2, 0.25) is 70.9 Å². The third-order valence-corrected chi connectivity index (χ3v) is 15.7. The molecule has 514 valence electrons. The molecule has 3 heterocycles. The number of aliphatic carboxylic acids is 4. The van der Waals surface area contributed by atoms with E-state index in [4.69, 9.17) is 5.73 Å². The van der Waals surface area contributed by atoms with Crippen LogP contribution < -0.4 is 58.9 Å². The van der Waals surface area contributed by atoms with Crippen molar-refractivity contribution in [2.75, 3.05) is 26.2 Å². The Balaban J connectivity index is 2.16. The highest BCUT2D eigenvalue weighted by Gasteiger charge is 2.45. The summed E-state index contributed by atoms with van der Waals surface area (Å²) >= 11 is 0. The summed E-state index contributed by atoms with van der Waals surface area (Å²) in [6, 6.07) is -18.5. The second-order valence-corrected chi connectivity index (χ2v) is 24.2. The fraction of sp³-hybridized carbons (Fsp3) is 0.695. The van der Waals surface area contributed by atoms with Crippen LogP contribution in [-0.4, -0.2) is 218 Å². The number of carboxylic acid groups (broad SMARTS) is 4. The lowest BCUT2D eigenvalue weighted by Crippen LogP contribution is -2.66. The number of hydrogen-bond acceptors (Lipinski definition) is 17. The lowest BCUT2D eigenvalue weighted by molar-refractivity contribution is -0.150. The number of allylic oxidation sites excluding steroid dienone is 1. The molecular weight excluding hydrogens is 1210 g/mol. The summed E-state index contributed by atoms with van der Waals surface area (Å²) in [5, 5.41) is 62.3. The number of carbonyl (C=O) groups excluding carboxylic acids is 12. The number of nitrogens with zero attached hydrogens (tertiary/aromatic N) is 2. The molecule has 0 unspecified atom stereocenters. The Hall–Kier alpha value is -8.78. The first kappa shape index (κ1) is 77.5. The van der Waals surface area contributed by atoms with E-state index in [9.17, 15) is 92.3 Å². The predicted octanol–water partition coefficient (Wildman–Crippen LogP) is -3.02. The van der Waals surface area contributed by atoms with Gasteiger partial charge in [0.15, 0.2) is 0 Å². The molecule has 3 aliphatic rings. The first-order valence-corrected chi connectivity index (χ1v) is 31.1. The maximum atomic E-state index is 15.2. The van der Waals surface area contributed by atoms with E-state index in [1.54, 1.807) is 26.0 Å². The summed E-state index contributed by atoms with van der Waals surface area (Å²) in [6.45, 7) is 8.70. The number of hydrogen-bond donors (Lipinski definition) is 15. The molecular formula is C59H93N13O20. The summed E-state index contributed by atoms with van der Waals surface area (Å²) in [6.07, 6.45) is 7.21. The zero-order valence-electron chi connectivity index (χ0n) is 53.2. The van der Waals surface area contributed by atoms with Gasteiger partial charge in [0.25, 0.3) is 0 Å². The minimum atomic E-state index is -2.15. The summed E-state index contributed by atoms with van der Waals surface area (Å²) in [4.78, 5) is 218. The molecule has 0 radical (unpaired) electrons. The second kappa shape index (κ2) is 38.2. The highest BCUT2D eigenvalue weighted by Crippen LogP contribution is 2.24. The van der Waals surface area contributed by atoms with E-state index in [0.29, 0.717) is 12.3 Å². The molecule has 3 rings (SSSR count). The average Bonchev–Trinajstić information content (AvgIpc) is 1.26. The van der Waals surface area contributed by atoms with Gasteiger partial charge in [0.05, 0.1) is 44.3 Å². The van der Waals surface area contributed by atoms with E-state index in [-0.39, 0.29) is 51.6 Å². The zero-order valence-corrected chi connectivity index (χ0v) is 53.2. The largest absolute Gasteiger partial charge is 0.481 e. The third-order valence-electron chi connectivity index (χ3n) is 15.7. The van der Waals surface area contributed by atoms with Crippen LogP contribution in [0.1, 0.15) is 151 Å². The van der Waals surface area contributed by atoms with Gasteiger partial charge in [-0.05, 0) is 77.6 Å². The average molecular weight is 1300 g/mol. The normalized spacial score (nSPS) is 25.2. The minimum absolute atomic E-state index is 0.0223. The number of carboxylic acids is 4. The second-order valence-electron chi connectivity index (χ2n) is 24.2. The van der Waals surface area contributed by atoms with Crippen molar-refractivity contribution in [3.63, 3.8) is 0 Å². The molecule has 0 aromatic carbocycles. The van der Waals surface area contributed by atoms with Crippen LogP contribution in [0.15, 0.2) is 12.2 Å². The molecule has 12 amide bonds. The van der Waals surface area contributed by atoms with Crippen molar-refractivity contribution in [1.29, 1.82) is 0 Å². The highest BCUT2D eigenvalue weighted by molar-refractivity contribution is 6.01. The molecule has 12 atom stereocenters. The lowest BCUT2D eigenvalue weighted by atomic mass is 9.96. The molecule has 92 heavy (non-hydrogen) atoms. The Morgan fingerprint density at radius 2 is 1.10 bits per heavy atom. The summed E-state index contributed by atoms with van der Waals surface area (Å²) in [5.41, 5.74) is 6.11. The molecule has 33 nitrogen and oxygen atoms in total. The van der Waals surface area contributed by atoms with Gasteiger partial charge in [-0.15, -0.1) is 0 Å². The molecule has 0 aromatic rings. The molecule has 0 aromatic heterocycles. The van der Waals surface area contributed by atoms with Crippen molar-refractivity contribution in [3.8, 4) is 0 Å². The highest BCUT2D eigenvalue weighted by atomic mass is 16.4. The lowest BCUT2D eigenvalue weighted by Gasteiger charge is -2.39. The molecule has 33 heteroatoms. The van der Waals surface area contributed by atoms with Crippen LogP contribution in [0.4, 0.5) is 0 Å². The van der Waals surface area contributed by atoms with Crippen LogP contribution in [0.2, 0.25) is 0 Å². The van der Waals surface area contributed by atoms with Gasteiger partial charge >= 0.3 is 23.9 Å². The molecule has 3 aliphatic heterocycles. The van der Waals surface area contributed by atoms with Gasteiger partial charge in [-0.25, -0.2) is 0 Å². The molecule has 0 aliphatic carbocycles. The monoisotopic (exact) mass is 1300 g/mol. The van der Waals surface area contributed by atoms with Crippen molar-refractivity contribution < 1.29 is 97.1 Å². The summed E-state index contributed by atoms with van der Waals surface area (Å²) in [5.74, 6) is -21.9. The molecule has 0 saturated carbocycles. The van der Waals surface area contributed by atoms with Gasteiger partial charge in [0, 0.05) is 25.6 Å². The SMILES string of the molecule is CC(C)CCCCCCC/C=C/CC(=O)N[C@@H](CC(=O)O)C(=O)N[C@@H]1C(=O)N2CCCC[C@@H]2C(=O)N[C@@H]([C@H](C)C(=O)O)C(=O)N[C@@H](CC(=O)O)C(=O)NCC(=O)N[C@@H](CC(=O)O)C(=O)NCC(=O)N[C@H]([C@@H](C)N)C(=O)N[C@@H](C(C)C)C(=O)N2CCC[C@H]2C(=O)N[C@H]1C. The minimum Gasteiger partial charge on any atom is -0.481 e. The van der Waals surface area contributed by atoms with Crippen LogP contribution in [0, 0.1) is 17.8 Å². The smallest absolute Gasteiger partial charge is 0.308 e. The van der Waals surface area contributed by atoms with E-state index >= 15 is 4.79 Å². The van der Waals surface area contributed by atoms with Crippen molar-refractivity contribution in [1.82, 2.24) is 63.0 Å². The number of unbranched alkanes of at least 4 members (excludes halogenated alkanes) is 5. The number of piperidine rings is 1. The van der Waals surface area contributed by atoms with Crippen LogP contribution in [-0.2, 0) is 76.7 Å². The Kier molecular flexibility index (Phi) is 32.1. The fourth-order valence-electron chi connectivity index (χ4n) is 10.6. The maximum Gasteiger partial charge on any atom is 0.308 e. The van der Waals surface area contributed by atoms with Gasteiger partial charge in [-0.1, -0.05) is 72.0 Å². The van der Waals surface area contributed by atoms with Crippen LogP contribution >= 0.6 is 0 Å². The number of nitrogens with one attached hydrogen (secondary N) is 10. The topological polar surface area (TPSA) is 507 Å². The quantitative estimate of drug-likeness (QED) is 0.0358. The Bertz CT molecular complexity index is 2720. The van der Waals surface area contributed by atoms with E-state index in [2.05, 4.69) is 56.4 Å². The van der Waals surface area contributed by atoms with Crippen LogP contribution in [0.25, 0.3) is 0 Å². The van der Waals surface area contributed by atoms with E-state index in [1.807, 2.05) is 10.6 Å². The van der Waals surface area contributed by atoms with E-state index in [0.717, 1.165) is 55.2 Å². The summed E-state index contributed by atoms with van der Waals surface area (Å²) < 4.78 is 0. The fourth-order valence-corrected chi connectivity index (χ4v) is 10.6. The number of nitrogens with two attached hydrogens (primary N) is 1. The summed E-state index contributed by atoms with van der Waals surface area (Å²) in [7, 11) is 0. The Morgan fingerprint density at radius 1 is 0.576 bits per heavy atom. The van der Waals surface area contributed by atoms with Crippen molar-refractivity contribution in [2.45, 2.75) is 218 Å². The van der Waals surface area contributed by atoms with Crippen molar-refractivity contribution in [2.24, 2.45) is 23.5 Å². The van der Waals surface area contributed by atoms with Crippen LogP contribution in [0.5, 0.6) is 0 Å². The van der Waals surface area contributed by atoms with Gasteiger partial charge < -0.3 is 89.1 Å². The number of amides is 12. The molecule has 0 spiro atoms. The van der Waals surface area contributed by atoms with Gasteiger partial charge in [-0.2, -0.15) is 0 Å². The van der Waals surface area contributed by atoms with E-state index in [1.165, 1.54) is 13.8 Å². The first-order valence-electron chi connectivity index (χ1n) is 31.1.